The highest BCUT2D eigenvalue weighted by Gasteiger charge is 2.65. The minimum Gasteiger partial charge on any atom is -0.493 e. The molecular weight excluding hydrogens is 476 g/mol. The van der Waals surface area contributed by atoms with E-state index in [1.807, 2.05) is 13.8 Å². The summed E-state index contributed by atoms with van der Waals surface area (Å²) in [5.74, 6) is -1.12. The molecule has 6 N–H and O–H groups in total. The molecule has 35 heavy (non-hydrogen) atoms. The molecule has 0 radical (unpaired) electrons. The van der Waals surface area contributed by atoms with Gasteiger partial charge in [-0.1, -0.05) is 26.0 Å². The number of fused-ring (bicyclic) bond motifs is 2. The lowest BCUT2D eigenvalue weighted by Crippen LogP contribution is -2.49. The maximum Gasteiger partial charge on any atom is 0.322 e. The summed E-state index contributed by atoms with van der Waals surface area (Å²) in [7, 11) is -4.02. The minimum atomic E-state index is -4.02. The number of guanidine groups is 1. The molecular formula is C23H34N4O7S. The molecule has 2 aliphatic carbocycles. The van der Waals surface area contributed by atoms with Crippen LogP contribution in [0.4, 0.5) is 0 Å². The van der Waals surface area contributed by atoms with Crippen LogP contribution in [0.3, 0.4) is 0 Å². The molecule has 3 atom stereocenters. The van der Waals surface area contributed by atoms with Crippen LogP contribution in [-0.4, -0.2) is 56.2 Å². The average molecular weight is 511 g/mol. The topological polar surface area (TPSA) is 183 Å². The van der Waals surface area contributed by atoms with Crippen molar-refractivity contribution < 1.29 is 32.7 Å². The van der Waals surface area contributed by atoms with E-state index >= 15 is 0 Å². The highest BCUT2D eigenvalue weighted by molar-refractivity contribution is 7.89. The molecule has 2 bridgehead atoms. The smallest absolute Gasteiger partial charge is 0.322 e. The van der Waals surface area contributed by atoms with Gasteiger partial charge in [0.15, 0.2) is 0 Å². The van der Waals surface area contributed by atoms with E-state index in [1.54, 1.807) is 24.3 Å². The zero-order valence-electron chi connectivity index (χ0n) is 20.0. The molecule has 12 heteroatoms. The highest BCUT2D eigenvalue weighted by atomic mass is 32.2. The van der Waals surface area contributed by atoms with Crippen molar-refractivity contribution in [1.29, 1.82) is 0 Å². The summed E-state index contributed by atoms with van der Waals surface area (Å²) < 4.78 is 33.9. The molecule has 1 aromatic carbocycles. The molecule has 0 aliphatic heterocycles. The van der Waals surface area contributed by atoms with E-state index in [-0.39, 0.29) is 36.4 Å². The van der Waals surface area contributed by atoms with Crippen LogP contribution in [0.25, 0.3) is 0 Å². The molecule has 2 saturated carbocycles. The van der Waals surface area contributed by atoms with Crippen LogP contribution >= 0.6 is 0 Å². The van der Waals surface area contributed by atoms with Crippen molar-refractivity contribution in [2.24, 2.45) is 33.4 Å². The van der Waals surface area contributed by atoms with Gasteiger partial charge < -0.3 is 26.1 Å². The van der Waals surface area contributed by atoms with Gasteiger partial charge in [0.05, 0.1) is 12.4 Å². The number of carbonyl (C=O) groups is 2. The molecule has 11 nitrogen and oxygen atoms in total. The van der Waals surface area contributed by atoms with Crippen molar-refractivity contribution in [2.45, 2.75) is 52.0 Å². The maximum atomic E-state index is 13.0. The molecule has 0 amide bonds. The zero-order valence-corrected chi connectivity index (χ0v) is 20.8. The van der Waals surface area contributed by atoms with E-state index in [9.17, 15) is 23.1 Å². The molecule has 2 aliphatic rings. The van der Waals surface area contributed by atoms with E-state index < -0.39 is 32.9 Å². The van der Waals surface area contributed by atoms with Gasteiger partial charge in [0, 0.05) is 18.3 Å². The van der Waals surface area contributed by atoms with E-state index in [0.717, 1.165) is 6.42 Å². The van der Waals surface area contributed by atoms with Gasteiger partial charge in [-0.2, -0.15) is 0 Å². The number of carbonyl (C=O) groups excluding carboxylic acids is 1. The fourth-order valence-corrected chi connectivity index (χ4v) is 7.29. The molecule has 0 aromatic heterocycles. The van der Waals surface area contributed by atoms with Crippen LogP contribution in [-0.2, 0) is 30.9 Å². The van der Waals surface area contributed by atoms with E-state index in [4.69, 9.17) is 21.0 Å². The first-order valence-corrected chi connectivity index (χ1v) is 13.2. The van der Waals surface area contributed by atoms with Crippen molar-refractivity contribution in [3.8, 4) is 5.75 Å². The Balaban J connectivity index is 1.57. The lowest BCUT2D eigenvalue weighted by Gasteiger charge is -2.36. The number of sulfonamides is 1. The second-order valence-electron chi connectivity index (χ2n) is 9.83. The van der Waals surface area contributed by atoms with E-state index in [0.29, 0.717) is 37.2 Å². The Labute approximate surface area is 205 Å². The number of carboxylic acid groups (broad SMARTS) is 1. The minimum absolute atomic E-state index is 0.0330. The van der Waals surface area contributed by atoms with Crippen LogP contribution < -0.4 is 20.9 Å². The van der Waals surface area contributed by atoms with Crippen molar-refractivity contribution in [3.05, 3.63) is 29.8 Å². The quantitative estimate of drug-likeness (QED) is 0.130. The lowest BCUT2D eigenvalue weighted by molar-refractivity contribution is -0.138. The lowest BCUT2D eigenvalue weighted by atomic mass is 9.70. The number of nitrogens with two attached hydrogens (primary N) is 2. The molecule has 194 valence electrons. The predicted molar refractivity (Wildman–Crippen MR) is 129 cm³/mol. The third-order valence-corrected chi connectivity index (χ3v) is 8.89. The Morgan fingerprint density at radius 1 is 1.26 bits per heavy atom. The van der Waals surface area contributed by atoms with Crippen molar-refractivity contribution in [2.75, 3.05) is 19.0 Å². The second kappa shape index (κ2) is 10.4. The summed E-state index contributed by atoms with van der Waals surface area (Å²) in [4.78, 5) is 29.4. The highest BCUT2D eigenvalue weighted by Crippen LogP contribution is 2.64. The number of nitrogens with zero attached hydrogens (tertiary/aromatic N) is 1. The number of ether oxygens (including phenoxy) is 1. The Morgan fingerprint density at radius 3 is 2.49 bits per heavy atom. The molecule has 0 spiro atoms. The van der Waals surface area contributed by atoms with Gasteiger partial charge in [-0.05, 0) is 53.4 Å². The summed E-state index contributed by atoms with van der Waals surface area (Å²) in [5.41, 5.74) is 9.54. The molecule has 3 rings (SSSR count). The summed E-state index contributed by atoms with van der Waals surface area (Å²) in [6.45, 7) is 4.52. The van der Waals surface area contributed by atoms with Crippen LogP contribution in [0, 0.1) is 16.7 Å². The van der Waals surface area contributed by atoms with Crippen LogP contribution in [0.15, 0.2) is 29.4 Å². The first-order valence-electron chi connectivity index (χ1n) is 11.5. The number of hydrogen-bond donors (Lipinski definition) is 4. The van der Waals surface area contributed by atoms with E-state index in [2.05, 4.69) is 9.88 Å². The predicted octanol–water partition coefficient (Wildman–Crippen LogP) is 0.971. The largest absolute Gasteiger partial charge is 0.493 e. The monoisotopic (exact) mass is 510 g/mol. The molecule has 2 fully saturated rings. The van der Waals surface area contributed by atoms with E-state index in [1.165, 1.54) is 0 Å². The normalized spacial score (nSPS) is 23.6. The number of Topliss-reactive ketones (excluding diaryl/α,β-unsaturated/α-hetero) is 1. The molecule has 1 aromatic rings. The second-order valence-corrected chi connectivity index (χ2v) is 11.6. The summed E-state index contributed by atoms with van der Waals surface area (Å²) in [6.07, 6.45) is 2.22. The van der Waals surface area contributed by atoms with Gasteiger partial charge in [-0.3, -0.25) is 9.59 Å². The standard InChI is InChI=1S/C23H34N4O7S/c1-22(2)16-8-9-23(22,19(28)13-16)14-35(31,32)27-18(20(29)30)12-15-4-6-17(7-5-15)33-10-3-11-34-26-21(24)25/h4-7,16,18,27H,3,8-14H2,1-2H3,(H,29,30)(H4,24,25,26)/t16?,18-,23?/m0/s1. The van der Waals surface area contributed by atoms with Crippen molar-refractivity contribution in [3.63, 3.8) is 0 Å². The van der Waals surface area contributed by atoms with Crippen LogP contribution in [0.1, 0.15) is 45.1 Å². The summed E-state index contributed by atoms with van der Waals surface area (Å²) in [6, 6.07) is 5.36. The Bertz CT molecular complexity index is 1070. The number of carboxylic acids is 1. The average Bonchev–Trinajstić information content (AvgIpc) is 3.10. The summed E-state index contributed by atoms with van der Waals surface area (Å²) in [5, 5.41) is 13.1. The van der Waals surface area contributed by atoms with Crippen molar-refractivity contribution in [1.82, 2.24) is 4.72 Å². The Kier molecular flexibility index (Phi) is 7.95. The zero-order chi connectivity index (χ0) is 25.9. The van der Waals surface area contributed by atoms with Crippen LogP contribution in [0.2, 0.25) is 0 Å². The number of nitrogens with one attached hydrogen (secondary N) is 1. The number of benzene rings is 1. The first-order chi connectivity index (χ1) is 16.4. The van der Waals surface area contributed by atoms with Gasteiger partial charge in [-0.15, -0.1) is 0 Å². The third-order valence-electron chi connectivity index (χ3n) is 7.38. The van der Waals surface area contributed by atoms with Gasteiger partial charge in [0.1, 0.15) is 24.2 Å². The Morgan fingerprint density at radius 2 is 1.94 bits per heavy atom. The number of aliphatic carboxylic acids is 1. The number of ketones is 1. The number of hydrogen-bond acceptors (Lipinski definition) is 7. The van der Waals surface area contributed by atoms with Crippen LogP contribution in [0.5, 0.6) is 5.75 Å². The molecule has 2 unspecified atom stereocenters. The molecule has 0 heterocycles. The Hall–Kier alpha value is -2.86. The number of oxime groups is 1. The third kappa shape index (κ3) is 6.04. The fraction of sp³-hybridized carbons (Fsp3) is 0.609. The fourth-order valence-electron chi connectivity index (χ4n) is 5.26. The van der Waals surface area contributed by atoms with Gasteiger partial charge in [-0.25, -0.2) is 13.1 Å². The van der Waals surface area contributed by atoms with Crippen molar-refractivity contribution >= 4 is 27.7 Å². The van der Waals surface area contributed by atoms with Gasteiger partial charge in [0.2, 0.25) is 16.0 Å². The SMILES string of the molecule is CC1(C)C2CCC1(CS(=O)(=O)N[C@@H](Cc1ccc(OCCCON=C(N)N)cc1)C(=O)O)C(=O)C2. The maximum absolute atomic E-state index is 13.0. The summed E-state index contributed by atoms with van der Waals surface area (Å²) >= 11 is 0. The first kappa shape index (κ1) is 26.7. The van der Waals surface area contributed by atoms with Gasteiger partial charge in [0.25, 0.3) is 0 Å². The van der Waals surface area contributed by atoms with Gasteiger partial charge >= 0.3 is 5.97 Å². The molecule has 0 saturated heterocycles. The number of rotatable bonds is 13.